The van der Waals surface area contributed by atoms with Gasteiger partial charge in [-0.1, -0.05) is 60.7 Å². The van der Waals surface area contributed by atoms with Gasteiger partial charge >= 0.3 is 22.4 Å². The van der Waals surface area contributed by atoms with Crippen LogP contribution < -0.4 is 10.6 Å². The van der Waals surface area contributed by atoms with E-state index in [4.69, 9.17) is 0 Å². The van der Waals surface area contributed by atoms with Crippen molar-refractivity contribution in [3.8, 4) is 0 Å². The van der Waals surface area contributed by atoms with Crippen LogP contribution >= 0.6 is 7.92 Å². The van der Waals surface area contributed by atoms with E-state index in [0.29, 0.717) is 0 Å². The molecule has 6 heteroatoms. The Labute approximate surface area is 145 Å². The van der Waals surface area contributed by atoms with Crippen LogP contribution in [0.2, 0.25) is 0 Å². The Morgan fingerprint density at radius 1 is 0.818 bits per heavy atom. The predicted octanol–water partition coefficient (Wildman–Crippen LogP) is 4.82. The standard InChI is InChI=1S/C13H13P.C3H3F4.Au/c1-14(12-8-4-2-5-9-12)13-10-6-3-7-11-13;1-3(6,7)2(4)5;/h2-11H,1H3;1H3;/q;-1;+1. The molecule has 2 aromatic rings. The molecule has 0 atom stereocenters. The summed E-state index contributed by atoms with van der Waals surface area (Å²) in [6, 6.07) is 21.4. The van der Waals surface area contributed by atoms with Crippen LogP contribution in [0.5, 0.6) is 0 Å². The van der Waals surface area contributed by atoms with Gasteiger partial charge in [0.2, 0.25) is 0 Å². The van der Waals surface area contributed by atoms with Crippen molar-refractivity contribution >= 4 is 18.5 Å². The molecule has 0 amide bonds. The summed E-state index contributed by atoms with van der Waals surface area (Å²) in [5.41, 5.74) is 0. The van der Waals surface area contributed by atoms with Gasteiger partial charge in [-0.15, -0.1) is 0 Å². The average molecular weight is 512 g/mol. The van der Waals surface area contributed by atoms with E-state index >= 15 is 0 Å². The van der Waals surface area contributed by atoms with Gasteiger partial charge in [0.05, 0.1) is 6.43 Å². The molecule has 2 aromatic carbocycles. The van der Waals surface area contributed by atoms with E-state index in [0.717, 1.165) is 0 Å². The van der Waals surface area contributed by atoms with Crippen molar-refractivity contribution in [3.63, 3.8) is 0 Å². The third-order valence-electron chi connectivity index (χ3n) is 2.62. The van der Waals surface area contributed by atoms with Gasteiger partial charge in [0.15, 0.2) is 5.92 Å². The van der Waals surface area contributed by atoms with Crippen LogP contribution in [-0.4, -0.2) is 12.6 Å². The van der Waals surface area contributed by atoms with E-state index in [1.54, 1.807) is 0 Å². The summed E-state index contributed by atoms with van der Waals surface area (Å²) >= 11 is 0. The van der Waals surface area contributed by atoms with Gasteiger partial charge in [0.25, 0.3) is 0 Å². The van der Waals surface area contributed by atoms with Crippen LogP contribution in [0.1, 0.15) is 6.92 Å². The molecule has 0 unspecified atom stereocenters. The smallest absolute Gasteiger partial charge is 0.415 e. The minimum atomic E-state index is -3.92. The molecule has 124 valence electrons. The molecule has 0 saturated carbocycles. The first-order valence-electron chi connectivity index (χ1n) is 6.22. The fraction of sp³-hybridized carbons (Fsp3) is 0.188. The van der Waals surface area contributed by atoms with Gasteiger partial charge in [-0.3, -0.25) is 0 Å². The topological polar surface area (TPSA) is 0 Å². The van der Waals surface area contributed by atoms with E-state index in [9.17, 15) is 17.6 Å². The predicted molar refractivity (Wildman–Crippen MR) is 81.1 cm³/mol. The maximum absolute atomic E-state index is 11.1. The second-order valence-corrected chi connectivity index (χ2v) is 6.53. The minimum absolute atomic E-state index is 0. The summed E-state index contributed by atoms with van der Waals surface area (Å²) in [4.78, 5) is 0. The van der Waals surface area contributed by atoms with Gasteiger partial charge in [-0.25, -0.2) is 8.78 Å². The Bertz CT molecular complexity index is 475. The molecule has 0 saturated heterocycles. The summed E-state index contributed by atoms with van der Waals surface area (Å²) in [5, 5.41) is 2.88. The number of hydrogen-bond acceptors (Lipinski definition) is 0. The van der Waals surface area contributed by atoms with Gasteiger partial charge in [-0.05, 0) is 32.1 Å². The minimum Gasteiger partial charge on any atom is -0.415 e. The van der Waals surface area contributed by atoms with Crippen molar-refractivity contribution in [1.29, 1.82) is 0 Å². The van der Waals surface area contributed by atoms with Crippen molar-refractivity contribution in [3.05, 3.63) is 67.1 Å². The summed E-state index contributed by atoms with van der Waals surface area (Å²) in [6.07, 6.45) is -2.84. The van der Waals surface area contributed by atoms with Gasteiger partial charge in [0, 0.05) is 0 Å². The maximum Gasteiger partial charge on any atom is 1.00 e. The second kappa shape index (κ2) is 10.2. The molecule has 0 nitrogen and oxygen atoms in total. The Morgan fingerprint density at radius 2 is 1.09 bits per heavy atom. The van der Waals surface area contributed by atoms with Crippen LogP contribution in [0.3, 0.4) is 0 Å². The molecular weight excluding hydrogens is 496 g/mol. The van der Waals surface area contributed by atoms with E-state index in [1.165, 1.54) is 10.6 Å². The fourth-order valence-corrected chi connectivity index (χ4v) is 2.99. The van der Waals surface area contributed by atoms with Crippen LogP contribution in [0.15, 0.2) is 60.7 Å². The molecule has 0 aliphatic rings. The van der Waals surface area contributed by atoms with Crippen molar-refractivity contribution in [2.75, 3.05) is 6.66 Å². The fourth-order valence-electron chi connectivity index (χ4n) is 1.45. The van der Waals surface area contributed by atoms with Crippen LogP contribution in [-0.2, 0) is 22.4 Å². The summed E-state index contributed by atoms with van der Waals surface area (Å²) in [7, 11) is -0.171. The molecule has 22 heavy (non-hydrogen) atoms. The molecule has 0 bridgehead atoms. The Morgan fingerprint density at radius 3 is 1.32 bits per heavy atom. The molecule has 0 radical (unpaired) electrons. The molecule has 0 fully saturated rings. The van der Waals surface area contributed by atoms with E-state index in [2.05, 4.69) is 67.3 Å². The first kappa shape index (κ1) is 21.3. The molecule has 0 N–H and O–H groups in total. The number of hydrogen-bond donors (Lipinski definition) is 0. The maximum atomic E-state index is 11.1. The Balaban J connectivity index is 0.000000478. The molecule has 0 aliphatic heterocycles. The van der Waals surface area contributed by atoms with Crippen LogP contribution in [0.25, 0.3) is 0 Å². The van der Waals surface area contributed by atoms with Crippen molar-refractivity contribution in [2.45, 2.75) is 12.8 Å². The average Bonchev–Trinajstić information content (AvgIpc) is 2.48. The summed E-state index contributed by atoms with van der Waals surface area (Å²) < 4.78 is 43.5. The molecular formula is C16H16AuF4P. The monoisotopic (exact) mass is 512 g/mol. The molecule has 0 heterocycles. The number of benzene rings is 2. The van der Waals surface area contributed by atoms with Crippen LogP contribution in [0, 0.1) is 6.43 Å². The van der Waals surface area contributed by atoms with E-state index < -0.39 is 12.3 Å². The first-order chi connectivity index (χ1) is 9.82. The van der Waals surface area contributed by atoms with Crippen molar-refractivity contribution in [1.82, 2.24) is 0 Å². The summed E-state index contributed by atoms with van der Waals surface area (Å²) in [5.74, 6) is -3.92. The Kier molecular flexibility index (Phi) is 9.86. The molecule has 0 aliphatic carbocycles. The quantitative estimate of drug-likeness (QED) is 0.240. The zero-order valence-corrected chi connectivity index (χ0v) is 15.1. The zero-order valence-electron chi connectivity index (χ0n) is 12.0. The zero-order chi connectivity index (χ0) is 15.9. The number of rotatable bonds is 3. The largest absolute Gasteiger partial charge is 1.00 e. The van der Waals surface area contributed by atoms with Gasteiger partial charge in [-0.2, -0.15) is 0 Å². The normalized spacial score (nSPS) is 10.7. The van der Waals surface area contributed by atoms with E-state index in [-0.39, 0.29) is 37.2 Å². The van der Waals surface area contributed by atoms with E-state index in [1.807, 2.05) is 0 Å². The van der Waals surface area contributed by atoms with Crippen molar-refractivity contribution in [2.24, 2.45) is 0 Å². The summed E-state index contributed by atoms with van der Waals surface area (Å²) in [6.45, 7) is 2.45. The Hall–Kier alpha value is -0.670. The van der Waals surface area contributed by atoms with Gasteiger partial charge < -0.3 is 8.78 Å². The van der Waals surface area contributed by atoms with Crippen LogP contribution in [0.4, 0.5) is 17.6 Å². The first-order valence-corrected chi connectivity index (χ1v) is 8.01. The SMILES string of the molecule is CC(F)(F)[C-](F)F.CP(c1ccccc1)c1ccccc1.[Au+]. The number of alkyl halides is 2. The molecule has 0 aromatic heterocycles. The second-order valence-electron chi connectivity index (χ2n) is 4.38. The number of halogens is 4. The molecule has 2 rings (SSSR count). The van der Waals surface area contributed by atoms with Gasteiger partial charge in [0.1, 0.15) is 0 Å². The van der Waals surface area contributed by atoms with Crippen molar-refractivity contribution < 1.29 is 39.9 Å². The molecule has 0 spiro atoms. The third-order valence-corrected chi connectivity index (χ3v) is 4.76. The third kappa shape index (κ3) is 7.55.